The van der Waals surface area contributed by atoms with Crippen LogP contribution >= 0.6 is 0 Å². The molecule has 0 amide bonds. The molecule has 1 fully saturated rings. The zero-order valence-corrected chi connectivity index (χ0v) is 8.66. The highest BCUT2D eigenvalue weighted by Gasteiger charge is 2.32. The van der Waals surface area contributed by atoms with Crippen LogP contribution in [0.1, 0.15) is 32.1 Å². The third-order valence-electron chi connectivity index (χ3n) is 3.49. The fourth-order valence-electron chi connectivity index (χ4n) is 2.69. The Morgan fingerprint density at radius 3 is 3.07 bits per heavy atom. The summed E-state index contributed by atoms with van der Waals surface area (Å²) in [5.74, 6) is 1.43. The summed E-state index contributed by atoms with van der Waals surface area (Å²) in [6.45, 7) is 0. The first-order valence-corrected chi connectivity index (χ1v) is 5.64. The van der Waals surface area contributed by atoms with Gasteiger partial charge in [-0.2, -0.15) is 0 Å². The Morgan fingerprint density at radius 1 is 1.27 bits per heavy atom. The van der Waals surface area contributed by atoms with Crippen LogP contribution in [0, 0.1) is 5.92 Å². The molecule has 1 atom stereocenters. The van der Waals surface area contributed by atoms with Gasteiger partial charge in [-0.25, -0.2) is 0 Å². The Labute approximate surface area is 89.3 Å². The first-order chi connectivity index (χ1) is 7.34. The number of hydrogen-bond acceptors (Lipinski definition) is 2. The lowest BCUT2D eigenvalue weighted by atomic mass is 9.79. The number of esters is 1. The molecule has 1 aliphatic heterocycles. The maximum absolute atomic E-state index is 11.3. The molecule has 0 spiro atoms. The molecule has 0 bridgehead atoms. The predicted molar refractivity (Wildman–Crippen MR) is 56.9 cm³/mol. The average molecular weight is 202 g/mol. The molecule has 3 aliphatic rings. The van der Waals surface area contributed by atoms with Crippen molar-refractivity contribution in [3.63, 3.8) is 0 Å². The Hall–Kier alpha value is -1.31. The van der Waals surface area contributed by atoms with Crippen molar-refractivity contribution in [1.82, 2.24) is 0 Å². The zero-order chi connectivity index (χ0) is 10.3. The van der Waals surface area contributed by atoms with E-state index < -0.39 is 0 Å². The summed E-state index contributed by atoms with van der Waals surface area (Å²) < 4.78 is 5.43. The van der Waals surface area contributed by atoms with E-state index in [1.54, 1.807) is 0 Å². The standard InChI is InChI=1S/C13H14O2/c14-12-8-7-10-6-5-9-3-1-2-4-11(9)13(10)15-12/h1-3,10H,4-8H2. The molecule has 0 aromatic rings. The minimum Gasteiger partial charge on any atom is -0.430 e. The van der Waals surface area contributed by atoms with Crippen molar-refractivity contribution >= 4 is 5.97 Å². The van der Waals surface area contributed by atoms with E-state index in [4.69, 9.17) is 4.74 Å². The molecular weight excluding hydrogens is 188 g/mol. The molecule has 0 N–H and O–H groups in total. The predicted octanol–water partition coefficient (Wildman–Crippen LogP) is 2.87. The second-order valence-corrected chi connectivity index (χ2v) is 4.42. The monoisotopic (exact) mass is 202 g/mol. The summed E-state index contributed by atoms with van der Waals surface area (Å²) in [7, 11) is 0. The Balaban J connectivity index is 2.03. The normalized spacial score (nSPS) is 29.2. The summed E-state index contributed by atoms with van der Waals surface area (Å²) in [5, 5.41) is 0. The smallest absolute Gasteiger partial charge is 0.310 e. The van der Waals surface area contributed by atoms with Crippen molar-refractivity contribution in [3.05, 3.63) is 35.1 Å². The molecule has 2 nitrogen and oxygen atoms in total. The summed E-state index contributed by atoms with van der Waals surface area (Å²) in [4.78, 5) is 11.3. The van der Waals surface area contributed by atoms with Crippen molar-refractivity contribution in [2.24, 2.45) is 5.92 Å². The number of hydrogen-bond donors (Lipinski definition) is 0. The van der Waals surface area contributed by atoms with Gasteiger partial charge in [0.25, 0.3) is 0 Å². The maximum Gasteiger partial charge on any atom is 0.310 e. The van der Waals surface area contributed by atoms with Gasteiger partial charge in [0.1, 0.15) is 5.76 Å². The number of carbonyl (C=O) groups excluding carboxylic acids is 1. The lowest BCUT2D eigenvalue weighted by Gasteiger charge is -2.33. The average Bonchev–Trinajstić information content (AvgIpc) is 2.29. The van der Waals surface area contributed by atoms with Crippen LogP contribution in [0.4, 0.5) is 0 Å². The van der Waals surface area contributed by atoms with Crippen LogP contribution in [-0.4, -0.2) is 5.97 Å². The number of allylic oxidation sites excluding steroid dienone is 6. The first-order valence-electron chi connectivity index (χ1n) is 5.64. The van der Waals surface area contributed by atoms with E-state index in [1.165, 1.54) is 11.1 Å². The number of rotatable bonds is 0. The minimum atomic E-state index is -0.0513. The second-order valence-electron chi connectivity index (χ2n) is 4.42. The first kappa shape index (κ1) is 8.96. The van der Waals surface area contributed by atoms with Crippen molar-refractivity contribution in [1.29, 1.82) is 0 Å². The van der Waals surface area contributed by atoms with Gasteiger partial charge in [0.05, 0.1) is 0 Å². The summed E-state index contributed by atoms with van der Waals surface area (Å²) in [6.07, 6.45) is 11.2. The van der Waals surface area contributed by atoms with E-state index in [1.807, 2.05) is 0 Å². The van der Waals surface area contributed by atoms with Crippen molar-refractivity contribution < 1.29 is 9.53 Å². The number of ether oxygens (including phenoxy) is 1. The molecule has 78 valence electrons. The number of carbonyl (C=O) groups is 1. The summed E-state index contributed by atoms with van der Waals surface area (Å²) in [6, 6.07) is 0. The van der Waals surface area contributed by atoms with E-state index in [-0.39, 0.29) is 5.97 Å². The van der Waals surface area contributed by atoms with Gasteiger partial charge >= 0.3 is 5.97 Å². The van der Waals surface area contributed by atoms with Gasteiger partial charge in [-0.3, -0.25) is 4.79 Å². The SMILES string of the molecule is O=C1CCC2CCC3=CC=CCC3=C2O1. The van der Waals surface area contributed by atoms with Gasteiger partial charge in [0.2, 0.25) is 0 Å². The molecule has 15 heavy (non-hydrogen) atoms. The molecule has 3 rings (SSSR count). The third-order valence-corrected chi connectivity index (χ3v) is 3.49. The molecule has 1 unspecified atom stereocenters. The van der Waals surface area contributed by atoms with E-state index >= 15 is 0 Å². The van der Waals surface area contributed by atoms with E-state index in [0.29, 0.717) is 12.3 Å². The van der Waals surface area contributed by atoms with Gasteiger partial charge in [-0.1, -0.05) is 18.2 Å². The van der Waals surface area contributed by atoms with Crippen LogP contribution in [0.5, 0.6) is 0 Å². The quantitative estimate of drug-likeness (QED) is 0.564. The fourth-order valence-corrected chi connectivity index (χ4v) is 2.69. The highest BCUT2D eigenvalue weighted by Crippen LogP contribution is 2.42. The molecule has 0 saturated carbocycles. The van der Waals surface area contributed by atoms with Crippen LogP contribution in [-0.2, 0) is 9.53 Å². The molecule has 2 heteroatoms. The van der Waals surface area contributed by atoms with Crippen LogP contribution in [0.2, 0.25) is 0 Å². The van der Waals surface area contributed by atoms with Gasteiger partial charge in [0.15, 0.2) is 0 Å². The van der Waals surface area contributed by atoms with Crippen molar-refractivity contribution in [2.75, 3.05) is 0 Å². The van der Waals surface area contributed by atoms with E-state index in [9.17, 15) is 4.79 Å². The highest BCUT2D eigenvalue weighted by atomic mass is 16.5. The Bertz CT molecular complexity index is 399. The molecule has 0 aromatic carbocycles. The molecule has 1 saturated heterocycles. The summed E-state index contributed by atoms with van der Waals surface area (Å²) in [5.41, 5.74) is 2.65. The van der Waals surface area contributed by atoms with Crippen molar-refractivity contribution in [3.8, 4) is 0 Å². The molecule has 2 aliphatic carbocycles. The van der Waals surface area contributed by atoms with Gasteiger partial charge in [-0.05, 0) is 36.8 Å². The lowest BCUT2D eigenvalue weighted by molar-refractivity contribution is -0.143. The van der Waals surface area contributed by atoms with E-state index in [0.717, 1.165) is 31.4 Å². The largest absolute Gasteiger partial charge is 0.430 e. The molecule has 0 radical (unpaired) electrons. The van der Waals surface area contributed by atoms with Crippen LogP contribution in [0.25, 0.3) is 0 Å². The number of fused-ring (bicyclic) bond motifs is 2. The van der Waals surface area contributed by atoms with Gasteiger partial charge in [-0.15, -0.1) is 0 Å². The topological polar surface area (TPSA) is 26.3 Å². The summed E-state index contributed by atoms with van der Waals surface area (Å²) >= 11 is 0. The zero-order valence-electron chi connectivity index (χ0n) is 8.66. The highest BCUT2D eigenvalue weighted by molar-refractivity contribution is 5.72. The molecule has 0 aromatic heterocycles. The second kappa shape index (κ2) is 3.37. The van der Waals surface area contributed by atoms with Crippen LogP contribution in [0.3, 0.4) is 0 Å². The third kappa shape index (κ3) is 1.44. The molecular formula is C13H14O2. The Morgan fingerprint density at radius 2 is 2.13 bits per heavy atom. The van der Waals surface area contributed by atoms with Crippen LogP contribution < -0.4 is 0 Å². The van der Waals surface area contributed by atoms with Crippen LogP contribution in [0.15, 0.2) is 35.1 Å². The van der Waals surface area contributed by atoms with E-state index in [2.05, 4.69) is 18.2 Å². The van der Waals surface area contributed by atoms with Gasteiger partial charge in [0, 0.05) is 12.3 Å². The maximum atomic E-state index is 11.3. The lowest BCUT2D eigenvalue weighted by Crippen LogP contribution is -2.25. The Kier molecular flexibility index (Phi) is 2.01. The fraction of sp³-hybridized carbons (Fsp3) is 0.462. The van der Waals surface area contributed by atoms with Crippen molar-refractivity contribution in [2.45, 2.75) is 32.1 Å². The minimum absolute atomic E-state index is 0.0513. The molecule has 1 heterocycles. The van der Waals surface area contributed by atoms with Gasteiger partial charge < -0.3 is 4.74 Å².